The molecule has 1 aromatic rings. The fourth-order valence-electron chi connectivity index (χ4n) is 2.74. The topological polar surface area (TPSA) is 55.6 Å². The van der Waals surface area contributed by atoms with Crippen LogP contribution in [0.2, 0.25) is 0 Å². The average molecular weight is 313 g/mol. The standard InChI is InChI=1S/C16H24N2O2.ClH/c1-12(17)11-16(19)18-9-7-14(8-10-18)13-3-5-15(20-2)6-4-13;/h3-6,12,14H,7-11,17H2,1-2H3;1H. The first-order chi connectivity index (χ1) is 9.60. The van der Waals surface area contributed by atoms with Crippen LogP contribution < -0.4 is 10.5 Å². The van der Waals surface area contributed by atoms with Crippen LogP contribution in [0.3, 0.4) is 0 Å². The molecular formula is C16H25ClN2O2. The molecule has 0 aliphatic carbocycles. The molecule has 0 saturated carbocycles. The monoisotopic (exact) mass is 312 g/mol. The molecule has 1 aliphatic rings. The number of nitrogens with zero attached hydrogens (tertiary/aromatic N) is 1. The highest BCUT2D eigenvalue weighted by molar-refractivity contribution is 5.85. The summed E-state index contributed by atoms with van der Waals surface area (Å²) in [6.45, 7) is 3.55. The van der Waals surface area contributed by atoms with Crippen LogP contribution in [0, 0.1) is 0 Å². The van der Waals surface area contributed by atoms with Gasteiger partial charge in [-0.15, -0.1) is 12.4 Å². The van der Waals surface area contributed by atoms with E-state index in [1.165, 1.54) is 5.56 Å². The van der Waals surface area contributed by atoms with E-state index < -0.39 is 0 Å². The molecule has 0 spiro atoms. The Labute approximate surface area is 133 Å². The van der Waals surface area contributed by atoms with Gasteiger partial charge in [-0.3, -0.25) is 4.79 Å². The lowest BCUT2D eigenvalue weighted by Crippen LogP contribution is -2.40. The predicted molar refractivity (Wildman–Crippen MR) is 87.1 cm³/mol. The van der Waals surface area contributed by atoms with Crippen molar-refractivity contribution >= 4 is 18.3 Å². The molecule has 1 aliphatic heterocycles. The highest BCUT2D eigenvalue weighted by Gasteiger charge is 2.24. The van der Waals surface area contributed by atoms with Crippen LogP contribution in [-0.2, 0) is 4.79 Å². The van der Waals surface area contributed by atoms with Crippen LogP contribution in [0.15, 0.2) is 24.3 Å². The van der Waals surface area contributed by atoms with Crippen LogP contribution in [-0.4, -0.2) is 37.0 Å². The summed E-state index contributed by atoms with van der Waals surface area (Å²) < 4.78 is 5.18. The van der Waals surface area contributed by atoms with Crippen LogP contribution >= 0.6 is 12.4 Å². The van der Waals surface area contributed by atoms with E-state index in [-0.39, 0.29) is 24.4 Å². The molecule has 0 radical (unpaired) electrons. The zero-order valence-electron chi connectivity index (χ0n) is 12.7. The lowest BCUT2D eigenvalue weighted by molar-refractivity contribution is -0.132. The molecule has 0 bridgehead atoms. The number of nitrogens with two attached hydrogens (primary N) is 1. The number of methoxy groups -OCH3 is 1. The van der Waals surface area contributed by atoms with Crippen molar-refractivity contribution in [1.82, 2.24) is 4.90 Å². The van der Waals surface area contributed by atoms with Crippen molar-refractivity contribution in [3.63, 3.8) is 0 Å². The number of likely N-dealkylation sites (tertiary alicyclic amines) is 1. The van der Waals surface area contributed by atoms with Gasteiger partial charge in [0.2, 0.25) is 5.91 Å². The summed E-state index contributed by atoms with van der Waals surface area (Å²) in [6.07, 6.45) is 2.50. The van der Waals surface area contributed by atoms with Gasteiger partial charge in [0.15, 0.2) is 0 Å². The third kappa shape index (κ3) is 4.90. The molecule has 1 heterocycles. The fourth-order valence-corrected chi connectivity index (χ4v) is 2.74. The minimum atomic E-state index is -0.0539. The van der Waals surface area contributed by atoms with E-state index in [0.29, 0.717) is 12.3 Å². The largest absolute Gasteiger partial charge is 0.497 e. The van der Waals surface area contributed by atoms with Crippen LogP contribution in [0.1, 0.15) is 37.7 Å². The fraction of sp³-hybridized carbons (Fsp3) is 0.562. The van der Waals surface area contributed by atoms with Gasteiger partial charge in [0.1, 0.15) is 5.75 Å². The summed E-state index contributed by atoms with van der Waals surface area (Å²) in [5.74, 6) is 1.62. The van der Waals surface area contributed by atoms with E-state index in [1.54, 1.807) is 7.11 Å². The molecule has 1 amide bonds. The van der Waals surface area contributed by atoms with Gasteiger partial charge in [0, 0.05) is 25.6 Å². The third-order valence-electron chi connectivity index (χ3n) is 3.93. The molecule has 21 heavy (non-hydrogen) atoms. The summed E-state index contributed by atoms with van der Waals surface area (Å²) in [4.78, 5) is 13.9. The number of piperidine rings is 1. The van der Waals surface area contributed by atoms with Crippen molar-refractivity contribution in [2.45, 2.75) is 38.1 Å². The Morgan fingerprint density at radius 2 is 1.90 bits per heavy atom. The molecule has 1 atom stereocenters. The summed E-state index contributed by atoms with van der Waals surface area (Å²) in [5.41, 5.74) is 7.02. The number of carbonyl (C=O) groups is 1. The van der Waals surface area contributed by atoms with Crippen molar-refractivity contribution in [2.24, 2.45) is 5.73 Å². The molecular weight excluding hydrogens is 288 g/mol. The molecule has 2 rings (SSSR count). The van der Waals surface area contributed by atoms with Gasteiger partial charge < -0.3 is 15.4 Å². The Morgan fingerprint density at radius 3 is 2.38 bits per heavy atom. The van der Waals surface area contributed by atoms with E-state index in [4.69, 9.17) is 10.5 Å². The van der Waals surface area contributed by atoms with Crippen molar-refractivity contribution < 1.29 is 9.53 Å². The maximum absolute atomic E-state index is 12.0. The van der Waals surface area contributed by atoms with Gasteiger partial charge in [0.25, 0.3) is 0 Å². The van der Waals surface area contributed by atoms with E-state index >= 15 is 0 Å². The minimum absolute atomic E-state index is 0. The van der Waals surface area contributed by atoms with Gasteiger partial charge >= 0.3 is 0 Å². The third-order valence-corrected chi connectivity index (χ3v) is 3.93. The van der Waals surface area contributed by atoms with Crippen LogP contribution in [0.25, 0.3) is 0 Å². The Hall–Kier alpha value is -1.26. The SMILES string of the molecule is COc1ccc(C2CCN(C(=O)CC(C)N)CC2)cc1.Cl. The number of rotatable bonds is 4. The zero-order chi connectivity index (χ0) is 14.5. The number of amides is 1. The van der Waals surface area contributed by atoms with Gasteiger partial charge in [-0.2, -0.15) is 0 Å². The quantitative estimate of drug-likeness (QED) is 0.929. The maximum Gasteiger partial charge on any atom is 0.224 e. The highest BCUT2D eigenvalue weighted by atomic mass is 35.5. The van der Waals surface area contributed by atoms with Crippen LogP contribution in [0.5, 0.6) is 5.75 Å². The molecule has 4 nitrogen and oxygen atoms in total. The Bertz CT molecular complexity index is 440. The normalized spacial score (nSPS) is 17.0. The molecule has 118 valence electrons. The predicted octanol–water partition coefficient (Wildman–Crippen LogP) is 2.56. The summed E-state index contributed by atoms with van der Waals surface area (Å²) >= 11 is 0. The maximum atomic E-state index is 12.0. The first-order valence-corrected chi connectivity index (χ1v) is 7.27. The second-order valence-electron chi connectivity index (χ2n) is 5.61. The van der Waals surface area contributed by atoms with Crippen molar-refractivity contribution in [3.05, 3.63) is 29.8 Å². The summed E-state index contributed by atoms with van der Waals surface area (Å²) in [7, 11) is 1.68. The van der Waals surface area contributed by atoms with Gasteiger partial charge in [-0.25, -0.2) is 0 Å². The summed E-state index contributed by atoms with van der Waals surface area (Å²) in [6, 6.07) is 8.21. The van der Waals surface area contributed by atoms with Gasteiger partial charge in [-0.1, -0.05) is 12.1 Å². The second kappa shape index (κ2) is 8.25. The molecule has 1 fully saturated rings. The molecule has 2 N–H and O–H groups in total. The van der Waals surface area contributed by atoms with E-state index in [1.807, 2.05) is 24.0 Å². The number of benzene rings is 1. The smallest absolute Gasteiger partial charge is 0.224 e. The molecule has 5 heteroatoms. The Balaban J connectivity index is 0.00000220. The number of halogens is 1. The Kier molecular flexibility index (Phi) is 6.99. The Morgan fingerprint density at radius 1 is 1.33 bits per heavy atom. The van der Waals surface area contributed by atoms with Crippen molar-refractivity contribution in [1.29, 1.82) is 0 Å². The highest BCUT2D eigenvalue weighted by Crippen LogP contribution is 2.29. The van der Waals surface area contributed by atoms with Crippen molar-refractivity contribution in [2.75, 3.05) is 20.2 Å². The van der Waals surface area contributed by atoms with Gasteiger partial charge in [0.05, 0.1) is 7.11 Å². The second-order valence-corrected chi connectivity index (χ2v) is 5.61. The van der Waals surface area contributed by atoms with Crippen LogP contribution in [0.4, 0.5) is 0 Å². The van der Waals surface area contributed by atoms with E-state index in [0.717, 1.165) is 31.7 Å². The minimum Gasteiger partial charge on any atom is -0.497 e. The molecule has 1 aromatic carbocycles. The molecule has 1 unspecified atom stereocenters. The average Bonchev–Trinajstić information content (AvgIpc) is 2.47. The lowest BCUT2D eigenvalue weighted by atomic mass is 9.89. The van der Waals surface area contributed by atoms with E-state index in [2.05, 4.69) is 12.1 Å². The number of hydrogen-bond acceptors (Lipinski definition) is 3. The summed E-state index contributed by atoms with van der Waals surface area (Å²) in [5, 5.41) is 0. The number of ether oxygens (including phenoxy) is 1. The molecule has 1 saturated heterocycles. The van der Waals surface area contributed by atoms with Crippen molar-refractivity contribution in [3.8, 4) is 5.75 Å². The number of carbonyl (C=O) groups excluding carboxylic acids is 1. The number of hydrogen-bond donors (Lipinski definition) is 1. The first-order valence-electron chi connectivity index (χ1n) is 7.27. The first kappa shape index (κ1) is 17.8. The van der Waals surface area contributed by atoms with E-state index in [9.17, 15) is 4.79 Å². The molecule has 0 aromatic heterocycles. The van der Waals surface area contributed by atoms with Gasteiger partial charge in [-0.05, 0) is 43.4 Å². The lowest BCUT2D eigenvalue weighted by Gasteiger charge is -2.32. The zero-order valence-corrected chi connectivity index (χ0v) is 13.6.